The molecule has 0 saturated carbocycles. The van der Waals surface area contributed by atoms with Crippen LogP contribution in [0, 0.1) is 0 Å². The van der Waals surface area contributed by atoms with Crippen molar-refractivity contribution in [3.8, 4) is 0 Å². The third-order valence-electron chi connectivity index (χ3n) is 3.34. The zero-order chi connectivity index (χ0) is 11.7. The van der Waals surface area contributed by atoms with Crippen LogP contribution in [0.15, 0.2) is 0 Å². The number of nitrogen functional groups attached to an aromatic ring is 1. The van der Waals surface area contributed by atoms with Crippen LogP contribution in [0.4, 0.5) is 5.82 Å². The predicted molar refractivity (Wildman–Crippen MR) is 62.6 cm³/mol. The van der Waals surface area contributed by atoms with E-state index in [1.54, 1.807) is 0 Å². The van der Waals surface area contributed by atoms with Crippen molar-refractivity contribution in [3.05, 3.63) is 17.1 Å². The summed E-state index contributed by atoms with van der Waals surface area (Å²) in [7, 11) is 0. The van der Waals surface area contributed by atoms with Crippen LogP contribution < -0.4 is 5.73 Å². The van der Waals surface area contributed by atoms with Gasteiger partial charge < -0.3 is 15.2 Å². The van der Waals surface area contributed by atoms with Crippen LogP contribution in [0.25, 0.3) is 0 Å². The molecule has 2 N–H and O–H groups in total. The summed E-state index contributed by atoms with van der Waals surface area (Å²) in [6, 6.07) is 0. The number of fused-ring (bicyclic) bond motifs is 1. The lowest BCUT2D eigenvalue weighted by Gasteiger charge is -2.24. The molecule has 0 amide bonds. The quantitative estimate of drug-likeness (QED) is 0.787. The van der Waals surface area contributed by atoms with Crippen LogP contribution in [-0.4, -0.2) is 29.8 Å². The Morgan fingerprint density at radius 2 is 2.00 bits per heavy atom. The Morgan fingerprint density at radius 1 is 1.12 bits per heavy atom. The maximum absolute atomic E-state index is 6.00. The number of anilines is 1. The number of hydrogen-bond acceptors (Lipinski definition) is 5. The number of ether oxygens (including phenoxy) is 2. The SMILES string of the molecule is Nc1nc(C2COCCO2)nc2c1CCCC2. The summed E-state index contributed by atoms with van der Waals surface area (Å²) in [6.07, 6.45) is 4.22. The molecule has 0 aromatic carbocycles. The first-order valence-corrected chi connectivity index (χ1v) is 6.19. The maximum atomic E-state index is 6.00. The van der Waals surface area contributed by atoms with E-state index >= 15 is 0 Å². The summed E-state index contributed by atoms with van der Waals surface area (Å²) < 4.78 is 11.0. The topological polar surface area (TPSA) is 70.3 Å². The van der Waals surface area contributed by atoms with E-state index in [0.29, 0.717) is 31.5 Å². The number of rotatable bonds is 1. The van der Waals surface area contributed by atoms with Crippen LogP contribution in [0.5, 0.6) is 0 Å². The number of aromatic nitrogens is 2. The molecule has 5 heteroatoms. The molecule has 0 radical (unpaired) electrons. The molecule has 1 aliphatic carbocycles. The summed E-state index contributed by atoms with van der Waals surface area (Å²) in [5, 5.41) is 0. The normalized spacial score (nSPS) is 24.4. The van der Waals surface area contributed by atoms with Gasteiger partial charge in [0.05, 0.1) is 19.8 Å². The maximum Gasteiger partial charge on any atom is 0.162 e. The monoisotopic (exact) mass is 235 g/mol. The predicted octanol–water partition coefficient (Wildman–Crippen LogP) is 1.03. The minimum absolute atomic E-state index is 0.154. The Labute approximate surface area is 100 Å². The lowest BCUT2D eigenvalue weighted by Crippen LogP contribution is -2.25. The average molecular weight is 235 g/mol. The highest BCUT2D eigenvalue weighted by atomic mass is 16.6. The van der Waals surface area contributed by atoms with Gasteiger partial charge in [-0.3, -0.25) is 0 Å². The minimum Gasteiger partial charge on any atom is -0.383 e. The highest BCUT2D eigenvalue weighted by molar-refractivity contribution is 5.43. The van der Waals surface area contributed by atoms with Crippen LogP contribution >= 0.6 is 0 Å². The number of aryl methyl sites for hydroxylation is 1. The van der Waals surface area contributed by atoms with Gasteiger partial charge in [-0.15, -0.1) is 0 Å². The zero-order valence-electron chi connectivity index (χ0n) is 9.82. The van der Waals surface area contributed by atoms with E-state index in [4.69, 9.17) is 15.2 Å². The Balaban J connectivity index is 1.92. The van der Waals surface area contributed by atoms with Gasteiger partial charge in [0.25, 0.3) is 0 Å². The number of nitrogens with two attached hydrogens (primary N) is 1. The van der Waals surface area contributed by atoms with E-state index in [1.165, 1.54) is 12.8 Å². The molecule has 2 heterocycles. The molecule has 17 heavy (non-hydrogen) atoms. The van der Waals surface area contributed by atoms with E-state index in [-0.39, 0.29) is 6.10 Å². The molecule has 92 valence electrons. The molecule has 1 saturated heterocycles. The van der Waals surface area contributed by atoms with Gasteiger partial charge >= 0.3 is 0 Å². The summed E-state index contributed by atoms with van der Waals surface area (Å²) in [5.74, 6) is 1.31. The number of nitrogens with zero attached hydrogens (tertiary/aromatic N) is 2. The summed E-state index contributed by atoms with van der Waals surface area (Å²) in [5.41, 5.74) is 8.24. The molecule has 5 nitrogen and oxygen atoms in total. The fraction of sp³-hybridized carbons (Fsp3) is 0.667. The van der Waals surface area contributed by atoms with Crippen molar-refractivity contribution in [2.45, 2.75) is 31.8 Å². The van der Waals surface area contributed by atoms with Crippen molar-refractivity contribution in [2.24, 2.45) is 0 Å². The molecule has 1 atom stereocenters. The fourth-order valence-corrected chi connectivity index (χ4v) is 2.42. The molecule has 0 spiro atoms. The van der Waals surface area contributed by atoms with E-state index < -0.39 is 0 Å². The molecular weight excluding hydrogens is 218 g/mol. The van der Waals surface area contributed by atoms with Gasteiger partial charge in [-0.1, -0.05) is 0 Å². The lowest BCUT2D eigenvalue weighted by atomic mass is 9.96. The molecular formula is C12H17N3O2. The molecule has 1 aromatic heterocycles. The Morgan fingerprint density at radius 3 is 2.82 bits per heavy atom. The van der Waals surface area contributed by atoms with Gasteiger partial charge in [-0.05, 0) is 25.7 Å². The first kappa shape index (κ1) is 10.9. The molecule has 0 bridgehead atoms. The lowest BCUT2D eigenvalue weighted by molar-refractivity contribution is -0.0935. The third kappa shape index (κ3) is 2.12. The fourth-order valence-electron chi connectivity index (χ4n) is 2.42. The summed E-state index contributed by atoms with van der Waals surface area (Å²) in [4.78, 5) is 8.97. The zero-order valence-corrected chi connectivity index (χ0v) is 9.82. The summed E-state index contributed by atoms with van der Waals surface area (Å²) in [6.45, 7) is 1.78. The Kier molecular flexibility index (Phi) is 2.94. The Hall–Kier alpha value is -1.20. The number of hydrogen-bond donors (Lipinski definition) is 1. The highest BCUT2D eigenvalue weighted by Crippen LogP contribution is 2.26. The minimum atomic E-state index is -0.154. The van der Waals surface area contributed by atoms with Crippen LogP contribution in [0.3, 0.4) is 0 Å². The van der Waals surface area contributed by atoms with Crippen molar-refractivity contribution in [3.63, 3.8) is 0 Å². The van der Waals surface area contributed by atoms with E-state index in [9.17, 15) is 0 Å². The molecule has 1 unspecified atom stereocenters. The van der Waals surface area contributed by atoms with Gasteiger partial charge in [0.15, 0.2) is 5.82 Å². The molecule has 1 aliphatic heterocycles. The van der Waals surface area contributed by atoms with E-state index in [0.717, 1.165) is 24.1 Å². The van der Waals surface area contributed by atoms with Crippen LogP contribution in [0.1, 0.15) is 36.0 Å². The second-order valence-electron chi connectivity index (χ2n) is 4.53. The van der Waals surface area contributed by atoms with Gasteiger partial charge in [-0.2, -0.15) is 0 Å². The smallest absolute Gasteiger partial charge is 0.162 e. The van der Waals surface area contributed by atoms with Gasteiger partial charge in [0.1, 0.15) is 11.9 Å². The Bertz CT molecular complexity index is 416. The molecule has 3 rings (SSSR count). The summed E-state index contributed by atoms with van der Waals surface area (Å²) >= 11 is 0. The molecule has 1 aromatic rings. The van der Waals surface area contributed by atoms with Crippen molar-refractivity contribution in [1.29, 1.82) is 0 Å². The van der Waals surface area contributed by atoms with Crippen LogP contribution in [0.2, 0.25) is 0 Å². The second-order valence-corrected chi connectivity index (χ2v) is 4.53. The first-order valence-electron chi connectivity index (χ1n) is 6.19. The van der Waals surface area contributed by atoms with E-state index in [1.807, 2.05) is 0 Å². The largest absolute Gasteiger partial charge is 0.383 e. The average Bonchev–Trinajstić information content (AvgIpc) is 2.40. The molecule has 2 aliphatic rings. The van der Waals surface area contributed by atoms with Crippen molar-refractivity contribution in [1.82, 2.24) is 9.97 Å². The van der Waals surface area contributed by atoms with Gasteiger partial charge in [0.2, 0.25) is 0 Å². The van der Waals surface area contributed by atoms with Crippen LogP contribution in [-0.2, 0) is 22.3 Å². The standard InChI is InChI=1S/C12H17N3O2/c13-11-8-3-1-2-4-9(8)14-12(15-11)10-7-16-5-6-17-10/h10H,1-7H2,(H2,13,14,15). The third-order valence-corrected chi connectivity index (χ3v) is 3.34. The van der Waals surface area contributed by atoms with Crippen molar-refractivity contribution >= 4 is 5.82 Å². The van der Waals surface area contributed by atoms with Gasteiger partial charge in [0, 0.05) is 11.3 Å². The second kappa shape index (κ2) is 4.58. The van der Waals surface area contributed by atoms with Crippen molar-refractivity contribution in [2.75, 3.05) is 25.6 Å². The molecule has 1 fully saturated rings. The van der Waals surface area contributed by atoms with E-state index in [2.05, 4.69) is 9.97 Å². The first-order chi connectivity index (χ1) is 8.34. The highest BCUT2D eigenvalue weighted by Gasteiger charge is 2.23. The van der Waals surface area contributed by atoms with Gasteiger partial charge in [-0.25, -0.2) is 9.97 Å². The van der Waals surface area contributed by atoms with Crippen molar-refractivity contribution < 1.29 is 9.47 Å².